The summed E-state index contributed by atoms with van der Waals surface area (Å²) in [5.74, 6) is 0.623. The molecule has 3 aromatic rings. The Labute approximate surface area is 172 Å². The second-order valence-electron chi connectivity index (χ2n) is 6.91. The first kappa shape index (κ1) is 19.2. The molecule has 1 aliphatic carbocycles. The number of hydrogen-bond acceptors (Lipinski definition) is 4. The molecule has 4 rings (SSSR count). The second kappa shape index (κ2) is 8.48. The lowest BCUT2D eigenvalue weighted by Crippen LogP contribution is -2.38. The van der Waals surface area contributed by atoms with Crippen molar-refractivity contribution >= 4 is 17.6 Å². The van der Waals surface area contributed by atoms with E-state index in [9.17, 15) is 9.59 Å². The minimum absolute atomic E-state index is 0.158. The Morgan fingerprint density at radius 2 is 1.97 bits per heavy atom. The number of amides is 2. The molecule has 1 aromatic carbocycles. The number of aromatic nitrogens is 4. The predicted molar refractivity (Wildman–Crippen MR) is 110 cm³/mol. The van der Waals surface area contributed by atoms with Crippen LogP contribution in [0.3, 0.4) is 0 Å². The van der Waals surface area contributed by atoms with Crippen molar-refractivity contribution < 1.29 is 4.79 Å². The predicted octanol–water partition coefficient (Wildman–Crippen LogP) is 2.59. The van der Waals surface area contributed by atoms with E-state index < -0.39 is 0 Å². The molecule has 9 heteroatoms. The quantitative estimate of drug-likeness (QED) is 0.623. The molecule has 150 valence electrons. The molecule has 1 aliphatic rings. The average Bonchev–Trinajstić information content (AvgIpc) is 3.52. The van der Waals surface area contributed by atoms with Gasteiger partial charge in [-0.1, -0.05) is 23.7 Å². The highest BCUT2D eigenvalue weighted by Gasteiger charge is 2.30. The molecular weight excluding hydrogens is 392 g/mol. The Morgan fingerprint density at radius 3 is 2.66 bits per heavy atom. The molecule has 0 spiro atoms. The molecule has 8 nitrogen and oxygen atoms in total. The lowest BCUT2D eigenvalue weighted by molar-refractivity contribution is 0.240. The normalized spacial score (nSPS) is 13.3. The number of carbonyl (C=O) groups excluding carboxylic acids is 1. The van der Waals surface area contributed by atoms with Gasteiger partial charge in [0.05, 0.1) is 6.54 Å². The number of rotatable bonds is 7. The Bertz CT molecular complexity index is 1040. The molecule has 1 saturated carbocycles. The minimum atomic E-state index is -0.304. The molecule has 2 aromatic heterocycles. The van der Waals surface area contributed by atoms with E-state index in [1.807, 2.05) is 24.3 Å². The third-order valence-electron chi connectivity index (χ3n) is 4.68. The molecule has 2 heterocycles. The summed E-state index contributed by atoms with van der Waals surface area (Å²) in [6.45, 7) is 0.977. The van der Waals surface area contributed by atoms with Gasteiger partial charge in [-0.25, -0.2) is 14.3 Å². The highest BCUT2D eigenvalue weighted by Crippen LogP contribution is 2.36. The maximum absolute atomic E-state index is 12.8. The molecule has 1 fully saturated rings. The highest BCUT2D eigenvalue weighted by atomic mass is 35.5. The van der Waals surface area contributed by atoms with Crippen LogP contribution in [0.25, 0.3) is 11.4 Å². The van der Waals surface area contributed by atoms with Gasteiger partial charge in [-0.15, -0.1) is 5.10 Å². The Hall–Kier alpha value is -3.13. The Kier molecular flexibility index (Phi) is 5.62. The van der Waals surface area contributed by atoms with E-state index in [2.05, 4.69) is 20.7 Å². The van der Waals surface area contributed by atoms with E-state index in [-0.39, 0.29) is 17.8 Å². The fraction of sp³-hybridized carbons (Fsp3) is 0.300. The van der Waals surface area contributed by atoms with Gasteiger partial charge in [0.2, 0.25) is 0 Å². The van der Waals surface area contributed by atoms with E-state index in [0.717, 1.165) is 24.0 Å². The van der Waals surface area contributed by atoms with Crippen LogP contribution in [-0.2, 0) is 13.1 Å². The smallest absolute Gasteiger partial charge is 0.336 e. The molecule has 0 atom stereocenters. The lowest BCUT2D eigenvalue weighted by atomic mass is 10.2. The van der Waals surface area contributed by atoms with E-state index >= 15 is 0 Å². The molecule has 2 N–H and O–H groups in total. The van der Waals surface area contributed by atoms with E-state index in [1.54, 1.807) is 29.1 Å². The average molecular weight is 413 g/mol. The standard InChI is InChI=1S/C20H21ClN6O2/c21-16-5-3-14(4-6-16)12-24-19(28)23-10-11-26-20(29)27(17-7-8-17)18(25-26)15-2-1-9-22-13-15/h1-6,9,13,17H,7-8,10-12H2,(H2,23,24,28). The summed E-state index contributed by atoms with van der Waals surface area (Å²) in [7, 11) is 0. The molecule has 29 heavy (non-hydrogen) atoms. The fourth-order valence-corrected chi connectivity index (χ4v) is 3.17. The number of benzene rings is 1. The molecule has 0 bridgehead atoms. The first-order chi connectivity index (χ1) is 14.1. The van der Waals surface area contributed by atoms with Crippen LogP contribution in [0, 0.1) is 0 Å². The van der Waals surface area contributed by atoms with Crippen molar-refractivity contribution in [2.24, 2.45) is 0 Å². The van der Waals surface area contributed by atoms with Crippen molar-refractivity contribution in [1.82, 2.24) is 30.0 Å². The number of hydrogen-bond donors (Lipinski definition) is 2. The van der Waals surface area contributed by atoms with Crippen LogP contribution >= 0.6 is 11.6 Å². The molecule has 0 aliphatic heterocycles. The lowest BCUT2D eigenvalue weighted by Gasteiger charge is -2.07. The van der Waals surface area contributed by atoms with Crippen LogP contribution in [0.2, 0.25) is 5.02 Å². The van der Waals surface area contributed by atoms with Gasteiger partial charge in [0.25, 0.3) is 0 Å². The van der Waals surface area contributed by atoms with Crippen molar-refractivity contribution in [1.29, 1.82) is 0 Å². The topological polar surface area (TPSA) is 93.8 Å². The third kappa shape index (κ3) is 4.65. The SMILES string of the molecule is O=C(NCCn1nc(-c2cccnc2)n(C2CC2)c1=O)NCc1ccc(Cl)cc1. The summed E-state index contributed by atoms with van der Waals surface area (Å²) < 4.78 is 3.14. The van der Waals surface area contributed by atoms with Crippen molar-refractivity contribution in [2.75, 3.05) is 6.54 Å². The maximum atomic E-state index is 12.8. The zero-order valence-electron chi connectivity index (χ0n) is 15.7. The number of carbonyl (C=O) groups is 1. The molecule has 0 saturated heterocycles. The molecule has 0 unspecified atom stereocenters. The van der Waals surface area contributed by atoms with Crippen molar-refractivity contribution in [2.45, 2.75) is 32.0 Å². The number of nitrogens with one attached hydrogen (secondary N) is 2. The van der Waals surface area contributed by atoms with Gasteiger partial charge in [0, 0.05) is 42.1 Å². The second-order valence-corrected chi connectivity index (χ2v) is 7.34. The zero-order valence-corrected chi connectivity index (χ0v) is 16.5. The van der Waals surface area contributed by atoms with Crippen LogP contribution < -0.4 is 16.3 Å². The van der Waals surface area contributed by atoms with Gasteiger partial charge in [-0.2, -0.15) is 0 Å². The number of urea groups is 1. The minimum Gasteiger partial charge on any atom is -0.336 e. The first-order valence-corrected chi connectivity index (χ1v) is 9.85. The zero-order chi connectivity index (χ0) is 20.2. The molecule has 0 radical (unpaired) electrons. The monoisotopic (exact) mass is 412 g/mol. The maximum Gasteiger partial charge on any atom is 0.346 e. The van der Waals surface area contributed by atoms with Crippen LogP contribution in [0.1, 0.15) is 24.4 Å². The molecular formula is C20H21ClN6O2. The Morgan fingerprint density at radius 1 is 1.17 bits per heavy atom. The number of halogens is 1. The van der Waals surface area contributed by atoms with Gasteiger partial charge in [-0.3, -0.25) is 9.55 Å². The van der Waals surface area contributed by atoms with Gasteiger partial charge in [-0.05, 0) is 42.7 Å². The summed E-state index contributed by atoms with van der Waals surface area (Å²) in [5, 5.41) is 10.7. The number of nitrogens with zero attached hydrogens (tertiary/aromatic N) is 4. The van der Waals surface area contributed by atoms with E-state index in [4.69, 9.17) is 11.6 Å². The highest BCUT2D eigenvalue weighted by molar-refractivity contribution is 6.30. The Balaban J connectivity index is 1.35. The van der Waals surface area contributed by atoms with E-state index in [1.165, 1.54) is 4.68 Å². The summed E-state index contributed by atoms with van der Waals surface area (Å²) >= 11 is 5.85. The summed E-state index contributed by atoms with van der Waals surface area (Å²) in [4.78, 5) is 28.9. The summed E-state index contributed by atoms with van der Waals surface area (Å²) in [5.41, 5.74) is 1.60. The summed E-state index contributed by atoms with van der Waals surface area (Å²) in [6, 6.07) is 10.9. The van der Waals surface area contributed by atoms with Gasteiger partial charge >= 0.3 is 11.7 Å². The molecule has 2 amide bonds. The van der Waals surface area contributed by atoms with Crippen LogP contribution in [0.5, 0.6) is 0 Å². The van der Waals surface area contributed by atoms with Gasteiger partial charge in [0.15, 0.2) is 5.82 Å². The van der Waals surface area contributed by atoms with Crippen LogP contribution in [0.4, 0.5) is 4.79 Å². The fourth-order valence-electron chi connectivity index (χ4n) is 3.04. The van der Waals surface area contributed by atoms with Gasteiger partial charge in [0.1, 0.15) is 0 Å². The largest absolute Gasteiger partial charge is 0.346 e. The first-order valence-electron chi connectivity index (χ1n) is 9.48. The van der Waals surface area contributed by atoms with Gasteiger partial charge < -0.3 is 10.6 Å². The van der Waals surface area contributed by atoms with Crippen LogP contribution in [-0.4, -0.2) is 31.9 Å². The number of pyridine rings is 1. The van der Waals surface area contributed by atoms with Crippen molar-refractivity contribution in [3.05, 3.63) is 69.9 Å². The third-order valence-corrected chi connectivity index (χ3v) is 4.93. The summed E-state index contributed by atoms with van der Waals surface area (Å²) in [6.07, 6.45) is 5.34. The van der Waals surface area contributed by atoms with Crippen molar-refractivity contribution in [3.8, 4) is 11.4 Å². The van der Waals surface area contributed by atoms with Crippen molar-refractivity contribution in [3.63, 3.8) is 0 Å². The van der Waals surface area contributed by atoms with E-state index in [0.29, 0.717) is 30.5 Å². The van der Waals surface area contributed by atoms with Crippen LogP contribution in [0.15, 0.2) is 53.6 Å².